The highest BCUT2D eigenvalue weighted by Gasteiger charge is 2.51. The van der Waals surface area contributed by atoms with Crippen LogP contribution in [0.2, 0.25) is 0 Å². The summed E-state index contributed by atoms with van der Waals surface area (Å²) in [6.45, 7) is 15.9. The molecule has 2 heterocycles. The van der Waals surface area contributed by atoms with Crippen molar-refractivity contribution in [1.29, 1.82) is 0 Å². The molecule has 2 nitrogen and oxygen atoms in total. The fraction of sp³-hybridized carbons (Fsp3) is 1.00. The summed E-state index contributed by atoms with van der Waals surface area (Å²) in [6.07, 6.45) is 0. The van der Waals surface area contributed by atoms with E-state index in [1.165, 1.54) is 32.7 Å². The van der Waals surface area contributed by atoms with Crippen LogP contribution in [0.1, 0.15) is 27.7 Å². The minimum absolute atomic E-state index is 0.708. The summed E-state index contributed by atoms with van der Waals surface area (Å²) in [5.74, 6) is 0.827. The molecule has 0 aromatic heterocycles. The minimum Gasteiger partial charge on any atom is -0.302 e. The average Bonchev–Trinajstić information content (AvgIpc) is 1.89. The molecule has 2 aliphatic rings. The first kappa shape index (κ1) is 10.4. The van der Waals surface area contributed by atoms with Crippen molar-refractivity contribution in [3.05, 3.63) is 0 Å². The highest BCUT2D eigenvalue weighted by atomic mass is 15.3. The Morgan fingerprint density at radius 3 is 2.00 bits per heavy atom. The van der Waals surface area contributed by atoms with Crippen molar-refractivity contribution >= 4 is 0 Å². The molecule has 2 fully saturated rings. The Kier molecular flexibility index (Phi) is 2.61. The molecule has 0 atom stereocenters. The molecule has 0 bridgehead atoms. The van der Waals surface area contributed by atoms with Gasteiger partial charge < -0.3 is 4.90 Å². The molecule has 2 rings (SSSR count). The summed E-state index contributed by atoms with van der Waals surface area (Å²) >= 11 is 0. The van der Waals surface area contributed by atoms with Gasteiger partial charge in [-0.15, -0.1) is 0 Å². The largest absolute Gasteiger partial charge is 0.302 e. The molecular weight excluding hydrogens is 172 g/mol. The molecule has 82 valence electrons. The van der Waals surface area contributed by atoms with Crippen molar-refractivity contribution in [1.82, 2.24) is 9.80 Å². The van der Waals surface area contributed by atoms with Gasteiger partial charge >= 0.3 is 0 Å². The number of nitrogens with zero attached hydrogens (tertiary/aromatic N) is 2. The maximum absolute atomic E-state index is 2.61. The monoisotopic (exact) mass is 196 g/mol. The van der Waals surface area contributed by atoms with E-state index in [1.54, 1.807) is 0 Å². The number of likely N-dealkylation sites (tertiary alicyclic amines) is 2. The fourth-order valence-electron chi connectivity index (χ4n) is 2.93. The molecule has 0 radical (unpaired) electrons. The summed E-state index contributed by atoms with van der Waals surface area (Å²) in [5, 5.41) is 0. The van der Waals surface area contributed by atoms with Crippen LogP contribution in [0.5, 0.6) is 0 Å². The van der Waals surface area contributed by atoms with E-state index in [0.29, 0.717) is 5.41 Å². The van der Waals surface area contributed by atoms with Gasteiger partial charge in [-0.3, -0.25) is 4.90 Å². The van der Waals surface area contributed by atoms with Crippen molar-refractivity contribution in [3.8, 4) is 0 Å². The SMILES string of the molecule is CC(C)CN1CC2(C1)CN(C(C)C)C2. The standard InChI is InChI=1S/C12H24N2/c1-10(2)5-13-6-12(7-13)8-14(9-12)11(3)4/h10-11H,5-9H2,1-4H3. The first-order valence-corrected chi connectivity index (χ1v) is 5.97. The highest BCUT2D eigenvalue weighted by Crippen LogP contribution is 2.40. The van der Waals surface area contributed by atoms with Crippen LogP contribution in [0, 0.1) is 11.3 Å². The van der Waals surface area contributed by atoms with Gasteiger partial charge in [-0.2, -0.15) is 0 Å². The normalized spacial score (nSPS) is 27.0. The van der Waals surface area contributed by atoms with E-state index < -0.39 is 0 Å². The number of hydrogen-bond acceptors (Lipinski definition) is 2. The van der Waals surface area contributed by atoms with Crippen molar-refractivity contribution in [2.75, 3.05) is 32.7 Å². The third-order valence-electron chi connectivity index (χ3n) is 3.55. The Balaban J connectivity index is 1.69. The van der Waals surface area contributed by atoms with Gasteiger partial charge in [-0.1, -0.05) is 13.8 Å². The predicted octanol–water partition coefficient (Wildman–Crippen LogP) is 1.67. The van der Waals surface area contributed by atoms with Crippen LogP contribution in [0.3, 0.4) is 0 Å². The molecule has 0 amide bonds. The topological polar surface area (TPSA) is 6.48 Å². The first-order valence-electron chi connectivity index (χ1n) is 5.97. The lowest BCUT2D eigenvalue weighted by Gasteiger charge is -2.62. The van der Waals surface area contributed by atoms with Gasteiger partial charge in [0.15, 0.2) is 0 Å². The van der Waals surface area contributed by atoms with Crippen LogP contribution in [0.15, 0.2) is 0 Å². The quantitative estimate of drug-likeness (QED) is 0.677. The minimum atomic E-state index is 0.708. The lowest BCUT2D eigenvalue weighted by Crippen LogP contribution is -2.73. The Morgan fingerprint density at radius 2 is 1.57 bits per heavy atom. The summed E-state index contributed by atoms with van der Waals surface area (Å²) in [6, 6.07) is 0.750. The third kappa shape index (κ3) is 1.82. The van der Waals surface area contributed by atoms with Crippen molar-refractivity contribution in [2.24, 2.45) is 11.3 Å². The van der Waals surface area contributed by atoms with Gasteiger partial charge in [0.05, 0.1) is 0 Å². The van der Waals surface area contributed by atoms with E-state index in [0.717, 1.165) is 12.0 Å². The van der Waals surface area contributed by atoms with Gasteiger partial charge in [-0.05, 0) is 19.8 Å². The van der Waals surface area contributed by atoms with Crippen LogP contribution < -0.4 is 0 Å². The molecule has 0 unspecified atom stereocenters. The summed E-state index contributed by atoms with van der Waals surface area (Å²) in [4.78, 5) is 5.20. The van der Waals surface area contributed by atoms with Crippen LogP contribution >= 0.6 is 0 Å². The molecular formula is C12H24N2. The molecule has 0 N–H and O–H groups in total. The average molecular weight is 196 g/mol. The van der Waals surface area contributed by atoms with Crippen molar-refractivity contribution in [3.63, 3.8) is 0 Å². The molecule has 0 aromatic rings. The van der Waals surface area contributed by atoms with Crippen molar-refractivity contribution in [2.45, 2.75) is 33.7 Å². The lowest BCUT2D eigenvalue weighted by molar-refractivity contribution is -0.127. The molecule has 1 spiro atoms. The second kappa shape index (κ2) is 3.49. The Hall–Kier alpha value is -0.0800. The van der Waals surface area contributed by atoms with E-state index >= 15 is 0 Å². The van der Waals surface area contributed by atoms with Crippen LogP contribution in [0.25, 0.3) is 0 Å². The van der Waals surface area contributed by atoms with Crippen molar-refractivity contribution < 1.29 is 0 Å². The van der Waals surface area contributed by atoms with Gasteiger partial charge in [0.25, 0.3) is 0 Å². The Bertz CT molecular complexity index is 196. The smallest absolute Gasteiger partial charge is 0.0212 e. The molecule has 0 saturated carbocycles. The zero-order valence-corrected chi connectivity index (χ0v) is 10.1. The molecule has 2 saturated heterocycles. The number of hydrogen-bond donors (Lipinski definition) is 0. The first-order chi connectivity index (χ1) is 6.51. The second-order valence-corrected chi connectivity index (χ2v) is 6.06. The van der Waals surface area contributed by atoms with E-state index in [1.807, 2.05) is 0 Å². The van der Waals surface area contributed by atoms with Crippen LogP contribution in [-0.2, 0) is 0 Å². The summed E-state index contributed by atoms with van der Waals surface area (Å²) in [7, 11) is 0. The zero-order chi connectivity index (χ0) is 10.3. The van der Waals surface area contributed by atoms with E-state index in [-0.39, 0.29) is 0 Å². The predicted molar refractivity (Wildman–Crippen MR) is 60.4 cm³/mol. The molecule has 2 aliphatic heterocycles. The van der Waals surface area contributed by atoms with Gasteiger partial charge in [0, 0.05) is 44.2 Å². The Morgan fingerprint density at radius 1 is 1.00 bits per heavy atom. The summed E-state index contributed by atoms with van der Waals surface area (Å²) < 4.78 is 0. The Labute approximate surface area is 88.3 Å². The van der Waals surface area contributed by atoms with Crippen LogP contribution in [0.4, 0.5) is 0 Å². The van der Waals surface area contributed by atoms with Gasteiger partial charge in [0.2, 0.25) is 0 Å². The van der Waals surface area contributed by atoms with Gasteiger partial charge in [0.1, 0.15) is 0 Å². The second-order valence-electron chi connectivity index (χ2n) is 6.06. The highest BCUT2D eigenvalue weighted by molar-refractivity contribution is 5.06. The third-order valence-corrected chi connectivity index (χ3v) is 3.55. The van der Waals surface area contributed by atoms with E-state index in [2.05, 4.69) is 37.5 Å². The lowest BCUT2D eigenvalue weighted by atomic mass is 9.72. The number of rotatable bonds is 3. The van der Waals surface area contributed by atoms with E-state index in [9.17, 15) is 0 Å². The molecule has 14 heavy (non-hydrogen) atoms. The van der Waals surface area contributed by atoms with Gasteiger partial charge in [-0.25, -0.2) is 0 Å². The molecule has 0 aliphatic carbocycles. The van der Waals surface area contributed by atoms with E-state index in [4.69, 9.17) is 0 Å². The maximum atomic E-state index is 2.61. The summed E-state index contributed by atoms with van der Waals surface area (Å²) in [5.41, 5.74) is 0.708. The molecule has 2 heteroatoms. The fourth-order valence-corrected chi connectivity index (χ4v) is 2.93. The zero-order valence-electron chi connectivity index (χ0n) is 10.1. The van der Waals surface area contributed by atoms with Crippen LogP contribution in [-0.4, -0.2) is 48.6 Å². The maximum Gasteiger partial charge on any atom is 0.0212 e. The molecule has 0 aromatic carbocycles.